The minimum absolute atomic E-state index is 0.207. The van der Waals surface area contributed by atoms with Gasteiger partial charge in [0.1, 0.15) is 12.4 Å². The Balaban J connectivity index is 1.73. The summed E-state index contributed by atoms with van der Waals surface area (Å²) >= 11 is 1.39. The molecule has 2 aromatic heterocycles. The predicted molar refractivity (Wildman–Crippen MR) is 87.0 cm³/mol. The monoisotopic (exact) mass is 347 g/mol. The molecule has 0 spiro atoms. The minimum atomic E-state index is -0.692. The Labute approximate surface area is 140 Å². The zero-order valence-electron chi connectivity index (χ0n) is 12.7. The van der Waals surface area contributed by atoms with Crippen LogP contribution in [0, 0.1) is 5.82 Å². The van der Waals surface area contributed by atoms with Gasteiger partial charge in [0.05, 0.1) is 10.9 Å². The highest BCUT2D eigenvalue weighted by atomic mass is 32.1. The van der Waals surface area contributed by atoms with Crippen LogP contribution < -0.4 is 11.1 Å². The van der Waals surface area contributed by atoms with E-state index in [0.717, 1.165) is 10.4 Å². The van der Waals surface area contributed by atoms with Crippen LogP contribution in [0.1, 0.15) is 18.5 Å². The number of hydrogen-bond acceptors (Lipinski definition) is 5. The molecule has 0 fully saturated rings. The van der Waals surface area contributed by atoms with Gasteiger partial charge in [-0.2, -0.15) is 0 Å². The van der Waals surface area contributed by atoms with Crippen molar-refractivity contribution in [3.63, 3.8) is 0 Å². The maximum Gasteiger partial charge on any atom is 0.442 e. The molecule has 2 heterocycles. The van der Waals surface area contributed by atoms with Crippen LogP contribution in [0.5, 0.6) is 0 Å². The first kappa shape index (κ1) is 16.1. The van der Waals surface area contributed by atoms with Crippen molar-refractivity contribution in [1.82, 2.24) is 15.0 Å². The second kappa shape index (κ2) is 6.79. The van der Waals surface area contributed by atoms with Gasteiger partial charge in [0, 0.05) is 0 Å². The molecule has 3 aromatic rings. The first-order chi connectivity index (χ1) is 11.5. The lowest BCUT2D eigenvalue weighted by atomic mass is 10.1. The van der Waals surface area contributed by atoms with E-state index in [1.807, 2.05) is 11.4 Å². The molecule has 24 heavy (non-hydrogen) atoms. The molecule has 0 aliphatic heterocycles. The number of rotatable bonds is 5. The number of nitrogens with one attached hydrogen (secondary N) is 1. The Kier molecular flexibility index (Phi) is 4.57. The van der Waals surface area contributed by atoms with Gasteiger partial charge < -0.3 is 5.32 Å². The molecule has 0 radical (unpaired) electrons. The third-order valence-corrected chi connectivity index (χ3v) is 4.34. The standard InChI is InChI=1S/C16H14FN3O3S/c1-10(11-4-6-12(17)7-5-11)18-14(21)9-20-15(19-23-16(20)22)13-3-2-8-24-13/h2-8,10H,9H2,1H3,(H,18,21)/t10-/m1/s1. The van der Waals surface area contributed by atoms with Gasteiger partial charge >= 0.3 is 5.76 Å². The molecule has 1 N–H and O–H groups in total. The Morgan fingerprint density at radius 3 is 2.79 bits per heavy atom. The quantitative estimate of drug-likeness (QED) is 0.769. The van der Waals surface area contributed by atoms with Crippen LogP contribution in [0.4, 0.5) is 4.39 Å². The average Bonchev–Trinajstić information content (AvgIpc) is 3.19. The number of carbonyl (C=O) groups excluding carboxylic acids is 1. The maximum absolute atomic E-state index is 12.9. The smallest absolute Gasteiger partial charge is 0.348 e. The van der Waals surface area contributed by atoms with E-state index in [1.54, 1.807) is 25.1 Å². The molecule has 1 amide bonds. The van der Waals surface area contributed by atoms with Crippen molar-refractivity contribution < 1.29 is 13.7 Å². The van der Waals surface area contributed by atoms with Crippen molar-refractivity contribution in [3.05, 3.63) is 63.7 Å². The second-order valence-corrected chi connectivity index (χ2v) is 6.12. The predicted octanol–water partition coefficient (Wildman–Crippen LogP) is 2.58. The number of amides is 1. The van der Waals surface area contributed by atoms with Crippen molar-refractivity contribution in [3.8, 4) is 10.7 Å². The van der Waals surface area contributed by atoms with Crippen LogP contribution >= 0.6 is 11.3 Å². The van der Waals surface area contributed by atoms with Gasteiger partial charge in [-0.15, -0.1) is 11.3 Å². The molecule has 1 atom stereocenters. The normalized spacial score (nSPS) is 12.1. The van der Waals surface area contributed by atoms with E-state index >= 15 is 0 Å². The highest BCUT2D eigenvalue weighted by Crippen LogP contribution is 2.21. The molecule has 6 nitrogen and oxygen atoms in total. The Morgan fingerprint density at radius 2 is 2.12 bits per heavy atom. The molecule has 0 unspecified atom stereocenters. The summed E-state index contributed by atoms with van der Waals surface area (Å²) in [5.74, 6) is -1.08. The molecule has 3 rings (SSSR count). The van der Waals surface area contributed by atoms with Gasteiger partial charge in [-0.05, 0) is 36.1 Å². The molecule has 1 aromatic carbocycles. The Morgan fingerprint density at radius 1 is 1.38 bits per heavy atom. The lowest BCUT2D eigenvalue weighted by molar-refractivity contribution is -0.122. The summed E-state index contributed by atoms with van der Waals surface area (Å²) in [5, 5.41) is 8.33. The number of nitrogens with zero attached hydrogens (tertiary/aromatic N) is 2. The molecule has 0 saturated heterocycles. The lowest BCUT2D eigenvalue weighted by Crippen LogP contribution is -2.33. The lowest BCUT2D eigenvalue weighted by Gasteiger charge is -2.14. The molecule has 0 aliphatic rings. The first-order valence-corrected chi connectivity index (χ1v) is 8.08. The van der Waals surface area contributed by atoms with Crippen molar-refractivity contribution in [2.75, 3.05) is 0 Å². The van der Waals surface area contributed by atoms with Gasteiger partial charge in [0.15, 0.2) is 5.82 Å². The van der Waals surface area contributed by atoms with E-state index in [2.05, 4.69) is 15.0 Å². The Bertz CT molecular complexity index is 884. The number of halogens is 1. The summed E-state index contributed by atoms with van der Waals surface area (Å²) in [6.45, 7) is 1.57. The SMILES string of the molecule is C[C@@H](NC(=O)Cn1c(-c2cccs2)noc1=O)c1ccc(F)cc1. The Hall–Kier alpha value is -2.74. The molecule has 8 heteroatoms. The van der Waals surface area contributed by atoms with Gasteiger partial charge in [-0.25, -0.2) is 13.8 Å². The topological polar surface area (TPSA) is 77.1 Å². The fraction of sp³-hybridized carbons (Fsp3) is 0.188. The molecule has 124 valence electrons. The molecule has 0 bridgehead atoms. The van der Waals surface area contributed by atoms with E-state index in [0.29, 0.717) is 5.82 Å². The number of thiophene rings is 1. The van der Waals surface area contributed by atoms with E-state index in [1.165, 1.54) is 28.0 Å². The third kappa shape index (κ3) is 3.43. The minimum Gasteiger partial charge on any atom is -0.348 e. The van der Waals surface area contributed by atoms with Gasteiger partial charge in [-0.3, -0.25) is 9.32 Å². The number of hydrogen-bond donors (Lipinski definition) is 1. The third-order valence-electron chi connectivity index (χ3n) is 3.48. The van der Waals surface area contributed by atoms with E-state index in [4.69, 9.17) is 0 Å². The van der Waals surface area contributed by atoms with Gasteiger partial charge in [-0.1, -0.05) is 23.4 Å². The summed E-state index contributed by atoms with van der Waals surface area (Å²) in [4.78, 5) is 24.7. The van der Waals surface area contributed by atoms with Crippen LogP contribution in [-0.2, 0) is 11.3 Å². The number of benzene rings is 1. The molecule has 0 saturated carbocycles. The highest BCUT2D eigenvalue weighted by molar-refractivity contribution is 7.13. The van der Waals surface area contributed by atoms with Crippen LogP contribution in [-0.4, -0.2) is 15.6 Å². The zero-order chi connectivity index (χ0) is 17.1. The molecule has 0 aliphatic carbocycles. The zero-order valence-corrected chi connectivity index (χ0v) is 13.5. The highest BCUT2D eigenvalue weighted by Gasteiger charge is 2.18. The fourth-order valence-corrected chi connectivity index (χ4v) is 2.97. The average molecular weight is 347 g/mol. The summed E-state index contributed by atoms with van der Waals surface area (Å²) in [6.07, 6.45) is 0. The maximum atomic E-state index is 12.9. The molecular formula is C16H14FN3O3S. The fourth-order valence-electron chi connectivity index (χ4n) is 2.26. The largest absolute Gasteiger partial charge is 0.442 e. The van der Waals surface area contributed by atoms with Crippen molar-refractivity contribution in [2.45, 2.75) is 19.5 Å². The van der Waals surface area contributed by atoms with Crippen LogP contribution in [0.3, 0.4) is 0 Å². The summed E-state index contributed by atoms with van der Waals surface area (Å²) in [7, 11) is 0. The van der Waals surface area contributed by atoms with Crippen LogP contribution in [0.25, 0.3) is 10.7 Å². The second-order valence-electron chi connectivity index (χ2n) is 5.18. The molecular weight excluding hydrogens is 333 g/mol. The van der Waals surface area contributed by atoms with E-state index < -0.39 is 5.76 Å². The van der Waals surface area contributed by atoms with Gasteiger partial charge in [0.2, 0.25) is 5.91 Å². The van der Waals surface area contributed by atoms with E-state index in [-0.39, 0.29) is 24.3 Å². The van der Waals surface area contributed by atoms with Gasteiger partial charge in [0.25, 0.3) is 0 Å². The van der Waals surface area contributed by atoms with Crippen molar-refractivity contribution in [1.29, 1.82) is 0 Å². The van der Waals surface area contributed by atoms with Crippen LogP contribution in [0.2, 0.25) is 0 Å². The summed E-state index contributed by atoms with van der Waals surface area (Å²) < 4.78 is 18.8. The van der Waals surface area contributed by atoms with Crippen molar-refractivity contribution >= 4 is 17.2 Å². The summed E-state index contributed by atoms with van der Waals surface area (Å²) in [5.41, 5.74) is 0.765. The van der Waals surface area contributed by atoms with Crippen molar-refractivity contribution in [2.24, 2.45) is 0 Å². The summed E-state index contributed by atoms with van der Waals surface area (Å²) in [6, 6.07) is 9.15. The first-order valence-electron chi connectivity index (χ1n) is 7.20. The number of aromatic nitrogens is 2. The van der Waals surface area contributed by atoms with E-state index in [9.17, 15) is 14.0 Å². The van der Waals surface area contributed by atoms with Crippen LogP contribution in [0.15, 0.2) is 51.1 Å². The number of carbonyl (C=O) groups is 1.